The van der Waals surface area contributed by atoms with Crippen LogP contribution in [0.25, 0.3) is 0 Å². The molecular weight excluding hydrogens is 308 g/mol. The Hall–Kier alpha value is -1.95. The molecule has 1 fully saturated rings. The van der Waals surface area contributed by atoms with Crippen LogP contribution < -0.4 is 16.0 Å². The number of pyridine rings is 1. The topological polar surface area (TPSA) is 71.2 Å². The van der Waals surface area contributed by atoms with E-state index in [4.69, 9.17) is 5.73 Å². The van der Waals surface area contributed by atoms with Gasteiger partial charge in [-0.2, -0.15) is 0 Å². The van der Waals surface area contributed by atoms with Crippen LogP contribution in [0, 0.1) is 0 Å². The highest BCUT2D eigenvalue weighted by atomic mass is 32.2. The molecule has 0 spiro atoms. The first kappa shape index (κ1) is 17.4. The lowest BCUT2D eigenvalue weighted by atomic mass is 10.1. The summed E-state index contributed by atoms with van der Waals surface area (Å²) in [7, 11) is 0. The second kappa shape index (κ2) is 8.06. The third-order valence-corrected chi connectivity index (χ3v) is 4.34. The molecule has 2 rings (SSSR count). The minimum atomic E-state index is -0.534. The van der Waals surface area contributed by atoms with Crippen molar-refractivity contribution in [3.05, 3.63) is 41.2 Å². The van der Waals surface area contributed by atoms with Gasteiger partial charge in [0.15, 0.2) is 5.69 Å². The molecule has 0 unspecified atom stereocenters. The van der Waals surface area contributed by atoms with E-state index in [9.17, 15) is 4.79 Å². The zero-order valence-electron chi connectivity index (χ0n) is 13.8. The number of anilines is 2. The highest BCUT2D eigenvalue weighted by molar-refractivity contribution is 8.02. The average Bonchev–Trinajstić information content (AvgIpc) is 2.54. The van der Waals surface area contributed by atoms with Crippen molar-refractivity contribution in [3.63, 3.8) is 0 Å². The Bertz CT molecular complexity index is 621. The normalized spacial score (nSPS) is 15.4. The van der Waals surface area contributed by atoms with Gasteiger partial charge in [-0.15, -0.1) is 11.8 Å². The van der Waals surface area contributed by atoms with Crippen LogP contribution in [-0.2, 0) is 0 Å². The molecule has 3 N–H and O–H groups in total. The van der Waals surface area contributed by atoms with E-state index in [-0.39, 0.29) is 5.69 Å². The van der Waals surface area contributed by atoms with Crippen LogP contribution in [0.4, 0.5) is 11.4 Å². The molecule has 2 heterocycles. The lowest BCUT2D eigenvalue weighted by Crippen LogP contribution is -2.29. The van der Waals surface area contributed by atoms with Crippen molar-refractivity contribution in [2.45, 2.75) is 26.2 Å². The summed E-state index contributed by atoms with van der Waals surface area (Å²) in [4.78, 5) is 18.2. The fraction of sp³-hybridized carbons (Fsp3) is 0.412. The Kier molecular flexibility index (Phi) is 6.10. The summed E-state index contributed by atoms with van der Waals surface area (Å²) in [6.07, 6.45) is 9.28. The Morgan fingerprint density at radius 3 is 2.70 bits per heavy atom. The molecule has 0 radical (unpaired) electrons. The van der Waals surface area contributed by atoms with E-state index in [0.29, 0.717) is 5.69 Å². The van der Waals surface area contributed by atoms with Gasteiger partial charge in [0.25, 0.3) is 5.91 Å². The van der Waals surface area contributed by atoms with E-state index in [0.717, 1.165) is 29.4 Å². The number of amides is 1. The number of nitrogens with one attached hydrogen (secondary N) is 1. The van der Waals surface area contributed by atoms with Crippen molar-refractivity contribution in [2.24, 2.45) is 5.73 Å². The van der Waals surface area contributed by atoms with Gasteiger partial charge in [0, 0.05) is 13.1 Å². The molecule has 1 amide bonds. The number of allylic oxidation sites excluding steroid dienone is 2. The molecule has 1 aliphatic rings. The summed E-state index contributed by atoms with van der Waals surface area (Å²) in [5.74, 6) is -0.534. The van der Waals surface area contributed by atoms with Crippen LogP contribution in [-0.4, -0.2) is 30.2 Å². The molecule has 5 nitrogen and oxygen atoms in total. The summed E-state index contributed by atoms with van der Waals surface area (Å²) < 4.78 is 0. The van der Waals surface area contributed by atoms with Crippen molar-refractivity contribution in [2.75, 3.05) is 29.6 Å². The molecule has 0 bridgehead atoms. The van der Waals surface area contributed by atoms with Crippen molar-refractivity contribution in [1.29, 1.82) is 0 Å². The first-order valence-electron chi connectivity index (χ1n) is 7.74. The number of carbonyl (C=O) groups excluding carboxylic acids is 1. The van der Waals surface area contributed by atoms with E-state index >= 15 is 0 Å². The van der Waals surface area contributed by atoms with E-state index in [1.54, 1.807) is 18.0 Å². The molecular formula is C17H24N4OS. The number of nitrogens with two attached hydrogens (primary N) is 1. The number of aromatic nitrogens is 1. The number of hydrogen-bond acceptors (Lipinski definition) is 5. The highest BCUT2D eigenvalue weighted by Gasteiger charge is 2.16. The third kappa shape index (κ3) is 4.76. The van der Waals surface area contributed by atoms with Gasteiger partial charge in [0.2, 0.25) is 0 Å². The van der Waals surface area contributed by atoms with Crippen molar-refractivity contribution < 1.29 is 4.79 Å². The van der Waals surface area contributed by atoms with E-state index < -0.39 is 5.91 Å². The highest BCUT2D eigenvalue weighted by Crippen LogP contribution is 2.27. The molecule has 1 aromatic rings. The minimum Gasteiger partial charge on any atom is -0.370 e. The van der Waals surface area contributed by atoms with Crippen molar-refractivity contribution >= 4 is 29.0 Å². The number of nitrogens with zero attached hydrogens (tertiary/aromatic N) is 2. The maximum Gasteiger partial charge on any atom is 0.269 e. The van der Waals surface area contributed by atoms with Gasteiger partial charge in [-0.25, -0.2) is 4.98 Å². The maximum atomic E-state index is 11.7. The number of hydrogen-bond donors (Lipinski definition) is 2. The quantitative estimate of drug-likeness (QED) is 0.782. The molecule has 6 heteroatoms. The number of thioether (sulfide) groups is 1. The van der Waals surface area contributed by atoms with Crippen LogP contribution in [0.5, 0.6) is 0 Å². The van der Waals surface area contributed by atoms with Gasteiger partial charge in [-0.1, -0.05) is 12.2 Å². The minimum absolute atomic E-state index is 0.257. The van der Waals surface area contributed by atoms with Gasteiger partial charge in [0.05, 0.1) is 22.6 Å². The molecule has 0 aromatic carbocycles. The number of piperidine rings is 1. The molecule has 1 saturated heterocycles. The molecule has 23 heavy (non-hydrogen) atoms. The molecule has 1 aliphatic heterocycles. The summed E-state index contributed by atoms with van der Waals surface area (Å²) in [5.41, 5.74) is 8.31. The summed E-state index contributed by atoms with van der Waals surface area (Å²) >= 11 is 1.55. The van der Waals surface area contributed by atoms with Gasteiger partial charge < -0.3 is 16.0 Å². The zero-order valence-corrected chi connectivity index (χ0v) is 14.6. The molecule has 0 atom stereocenters. The van der Waals surface area contributed by atoms with Crippen molar-refractivity contribution in [3.8, 4) is 0 Å². The standard InChI is InChI=1S/C17H24N4OS/c1-12(2)9-15(23-3)20-14-10-13(11-19-16(14)17(18)22)21-7-5-4-6-8-21/h9-11,20H,1,4-8H2,2-3H3,(H2,18,22)/b15-9-. The Morgan fingerprint density at radius 1 is 1.43 bits per heavy atom. The van der Waals surface area contributed by atoms with Gasteiger partial charge in [0.1, 0.15) is 0 Å². The Morgan fingerprint density at radius 2 is 2.13 bits per heavy atom. The lowest BCUT2D eigenvalue weighted by Gasteiger charge is -2.29. The SMILES string of the molecule is C=C(C)/C=C(/Nc1cc(N2CCCCC2)cnc1C(N)=O)SC. The Balaban J connectivity index is 2.33. The van der Waals surface area contributed by atoms with Gasteiger partial charge >= 0.3 is 0 Å². The molecule has 0 saturated carbocycles. The second-order valence-electron chi connectivity index (χ2n) is 5.69. The summed E-state index contributed by atoms with van der Waals surface area (Å²) in [5, 5.41) is 4.16. The average molecular weight is 332 g/mol. The summed E-state index contributed by atoms with van der Waals surface area (Å²) in [6.45, 7) is 7.86. The fourth-order valence-corrected chi connectivity index (χ4v) is 3.10. The predicted molar refractivity (Wildman–Crippen MR) is 98.9 cm³/mol. The maximum absolute atomic E-state index is 11.7. The molecule has 124 valence electrons. The van der Waals surface area contributed by atoms with Crippen LogP contribution in [0.15, 0.2) is 35.5 Å². The third-order valence-electron chi connectivity index (χ3n) is 3.68. The monoisotopic (exact) mass is 332 g/mol. The predicted octanol–water partition coefficient (Wildman–Crippen LogP) is 3.36. The van der Waals surface area contributed by atoms with E-state index in [1.807, 2.05) is 25.3 Å². The largest absolute Gasteiger partial charge is 0.370 e. The smallest absolute Gasteiger partial charge is 0.269 e. The first-order valence-corrected chi connectivity index (χ1v) is 8.96. The lowest BCUT2D eigenvalue weighted by molar-refractivity contribution is 0.0996. The summed E-state index contributed by atoms with van der Waals surface area (Å²) in [6, 6.07) is 1.96. The number of primary amides is 1. The number of rotatable bonds is 6. The van der Waals surface area contributed by atoms with Crippen LogP contribution >= 0.6 is 11.8 Å². The fourth-order valence-electron chi connectivity index (χ4n) is 2.57. The second-order valence-corrected chi connectivity index (χ2v) is 6.53. The Labute approximate surface area is 142 Å². The van der Waals surface area contributed by atoms with Crippen LogP contribution in [0.1, 0.15) is 36.7 Å². The van der Waals surface area contributed by atoms with Crippen LogP contribution in [0.2, 0.25) is 0 Å². The van der Waals surface area contributed by atoms with Gasteiger partial charge in [-0.05, 0) is 44.6 Å². The first-order chi connectivity index (χ1) is 11.0. The van der Waals surface area contributed by atoms with Crippen molar-refractivity contribution in [1.82, 2.24) is 4.98 Å². The molecule has 0 aliphatic carbocycles. The molecule has 1 aromatic heterocycles. The van der Waals surface area contributed by atoms with Gasteiger partial charge in [-0.3, -0.25) is 4.79 Å². The zero-order chi connectivity index (χ0) is 16.8. The van der Waals surface area contributed by atoms with E-state index in [2.05, 4.69) is 21.8 Å². The van der Waals surface area contributed by atoms with E-state index in [1.165, 1.54) is 19.3 Å². The number of carbonyl (C=O) groups is 1. The van der Waals surface area contributed by atoms with Crippen LogP contribution in [0.3, 0.4) is 0 Å².